The van der Waals surface area contributed by atoms with Crippen LogP contribution in [0.2, 0.25) is 0 Å². The molecule has 6 rings (SSSR count). The Bertz CT molecular complexity index is 1530. The summed E-state index contributed by atoms with van der Waals surface area (Å²) in [5, 5.41) is 0. The highest BCUT2D eigenvalue weighted by atomic mass is 16.6. The Kier molecular flexibility index (Phi) is 11.8. The molecular weight excluding hydrogens is 572 g/mol. The molecule has 0 bridgehead atoms. The number of benzene rings is 5. The van der Waals surface area contributed by atoms with E-state index in [0.29, 0.717) is 39.5 Å². The maximum atomic E-state index is 6.96. The van der Waals surface area contributed by atoms with Gasteiger partial charge < -0.3 is 23.7 Å². The zero-order valence-electron chi connectivity index (χ0n) is 26.1. The quantitative estimate of drug-likeness (QED) is 0.120. The second kappa shape index (κ2) is 17.0. The smallest absolute Gasteiger partial charge is 0.115 e. The van der Waals surface area contributed by atoms with Crippen LogP contribution in [-0.4, -0.2) is 37.1 Å². The van der Waals surface area contributed by atoms with Crippen molar-refractivity contribution in [2.75, 3.05) is 6.61 Å². The molecule has 0 saturated carbocycles. The maximum absolute atomic E-state index is 6.96. The lowest BCUT2D eigenvalue weighted by atomic mass is 9.90. The van der Waals surface area contributed by atoms with Gasteiger partial charge in [0.05, 0.1) is 39.1 Å². The van der Waals surface area contributed by atoms with Crippen molar-refractivity contribution in [1.82, 2.24) is 0 Å². The summed E-state index contributed by atoms with van der Waals surface area (Å²) in [5.41, 5.74) is 5.56. The monoisotopic (exact) mass is 614 g/mol. The summed E-state index contributed by atoms with van der Waals surface area (Å²) >= 11 is 0. The molecule has 5 aromatic carbocycles. The van der Waals surface area contributed by atoms with Gasteiger partial charge in [0.25, 0.3) is 0 Å². The maximum Gasteiger partial charge on any atom is 0.115 e. The van der Waals surface area contributed by atoms with Gasteiger partial charge in [0, 0.05) is 6.42 Å². The van der Waals surface area contributed by atoms with E-state index in [0.717, 1.165) is 22.3 Å². The van der Waals surface area contributed by atoms with Gasteiger partial charge in [-0.05, 0) is 27.8 Å². The third-order valence-corrected chi connectivity index (χ3v) is 8.26. The van der Waals surface area contributed by atoms with Crippen LogP contribution < -0.4 is 0 Å². The second-order valence-electron chi connectivity index (χ2n) is 11.7. The molecule has 0 aliphatic carbocycles. The highest BCUT2D eigenvalue weighted by Crippen LogP contribution is 2.32. The van der Waals surface area contributed by atoms with Gasteiger partial charge in [-0.3, -0.25) is 0 Å². The van der Waals surface area contributed by atoms with Gasteiger partial charge in [0.2, 0.25) is 0 Å². The van der Waals surface area contributed by atoms with Crippen molar-refractivity contribution in [2.24, 2.45) is 0 Å². The molecule has 1 fully saturated rings. The molecule has 1 unspecified atom stereocenters. The van der Waals surface area contributed by atoms with E-state index in [9.17, 15) is 0 Å². The van der Waals surface area contributed by atoms with Crippen LogP contribution in [0.4, 0.5) is 0 Å². The first-order valence-corrected chi connectivity index (χ1v) is 16.1. The topological polar surface area (TPSA) is 46.2 Å². The van der Waals surface area contributed by atoms with Crippen LogP contribution in [0, 0.1) is 0 Å². The molecule has 0 amide bonds. The highest BCUT2D eigenvalue weighted by Gasteiger charge is 2.48. The molecular formula is C41H42O5. The minimum Gasteiger partial charge on any atom is -0.374 e. The van der Waals surface area contributed by atoms with Crippen molar-refractivity contribution < 1.29 is 23.7 Å². The van der Waals surface area contributed by atoms with E-state index in [1.54, 1.807) is 0 Å². The second-order valence-corrected chi connectivity index (χ2v) is 11.7. The molecule has 5 aromatic rings. The lowest BCUT2D eigenvalue weighted by Gasteiger charge is -2.46. The van der Waals surface area contributed by atoms with Gasteiger partial charge in [0.1, 0.15) is 24.4 Å². The Morgan fingerprint density at radius 1 is 0.370 bits per heavy atom. The van der Waals surface area contributed by atoms with Gasteiger partial charge in [-0.25, -0.2) is 0 Å². The lowest BCUT2D eigenvalue weighted by Crippen LogP contribution is -2.61. The Hall–Kier alpha value is -4.10. The van der Waals surface area contributed by atoms with E-state index in [1.807, 2.05) is 78.9 Å². The van der Waals surface area contributed by atoms with Gasteiger partial charge in [-0.2, -0.15) is 0 Å². The zero-order valence-corrected chi connectivity index (χ0v) is 26.1. The summed E-state index contributed by atoms with van der Waals surface area (Å²) in [6.07, 6.45) is -1.23. The molecule has 5 heteroatoms. The molecule has 1 aliphatic rings. The third-order valence-electron chi connectivity index (χ3n) is 8.26. The van der Waals surface area contributed by atoms with Crippen LogP contribution in [0.15, 0.2) is 152 Å². The summed E-state index contributed by atoms with van der Waals surface area (Å²) in [4.78, 5) is 0. The summed E-state index contributed by atoms with van der Waals surface area (Å²) in [7, 11) is 0. The van der Waals surface area contributed by atoms with Gasteiger partial charge >= 0.3 is 0 Å². The van der Waals surface area contributed by atoms with Gasteiger partial charge in [0.15, 0.2) is 0 Å². The molecule has 1 aliphatic heterocycles. The zero-order chi connectivity index (χ0) is 31.2. The van der Waals surface area contributed by atoms with Crippen LogP contribution in [0.3, 0.4) is 0 Å². The molecule has 0 spiro atoms. The lowest BCUT2D eigenvalue weighted by molar-refractivity contribution is -0.272. The van der Waals surface area contributed by atoms with Crippen molar-refractivity contribution in [3.8, 4) is 0 Å². The highest BCUT2D eigenvalue weighted by molar-refractivity contribution is 5.19. The Balaban J connectivity index is 1.31. The van der Waals surface area contributed by atoms with Crippen molar-refractivity contribution in [3.63, 3.8) is 0 Å². The fourth-order valence-corrected chi connectivity index (χ4v) is 5.90. The fraction of sp³-hybridized carbons (Fsp3) is 0.268. The predicted octanol–water partition coefficient (Wildman–Crippen LogP) is 7.97. The third kappa shape index (κ3) is 9.23. The predicted molar refractivity (Wildman–Crippen MR) is 180 cm³/mol. The van der Waals surface area contributed by atoms with Crippen molar-refractivity contribution in [2.45, 2.75) is 63.4 Å². The number of ether oxygens (including phenoxy) is 5. The number of rotatable bonds is 15. The molecule has 46 heavy (non-hydrogen) atoms. The van der Waals surface area contributed by atoms with Crippen LogP contribution in [0.25, 0.3) is 0 Å². The van der Waals surface area contributed by atoms with E-state index >= 15 is 0 Å². The molecule has 1 saturated heterocycles. The minimum atomic E-state index is -0.438. The SMILES string of the molecule is c1ccc(COC[C@H]2OC(Cc3ccccc3)[C@@H](OCc3ccccc3)[C@@H](OCc3ccccc3)[C@@H]2OCc2ccccc2)cc1. The first-order chi connectivity index (χ1) is 22.8. The van der Waals surface area contributed by atoms with Gasteiger partial charge in [-0.15, -0.1) is 0 Å². The fourth-order valence-electron chi connectivity index (χ4n) is 5.90. The molecule has 5 atom stereocenters. The average Bonchev–Trinajstić information content (AvgIpc) is 3.12. The number of hydrogen-bond acceptors (Lipinski definition) is 5. The van der Waals surface area contributed by atoms with E-state index in [4.69, 9.17) is 23.7 Å². The summed E-state index contributed by atoms with van der Waals surface area (Å²) in [5.74, 6) is 0. The Morgan fingerprint density at radius 3 is 1.15 bits per heavy atom. The van der Waals surface area contributed by atoms with E-state index < -0.39 is 18.3 Å². The standard InChI is InChI=1S/C41H42O5/c1-6-16-32(17-7-1)26-37-39(43-28-34-20-10-3-11-21-34)41(45-30-36-24-14-5-15-25-36)40(44-29-35-22-12-4-13-23-35)38(46-37)31-42-27-33-18-8-2-9-19-33/h1-25,37-41H,26-31H2/t37?,38-,39-,40-,41-/m1/s1. The average molecular weight is 615 g/mol. The summed E-state index contributed by atoms with van der Waals surface area (Å²) in [6, 6.07) is 51.4. The van der Waals surface area contributed by atoms with Crippen molar-refractivity contribution in [3.05, 3.63) is 179 Å². The van der Waals surface area contributed by atoms with Crippen LogP contribution in [-0.2, 0) is 56.5 Å². The Labute approximate surface area is 272 Å². The molecule has 1 heterocycles. The van der Waals surface area contributed by atoms with Crippen molar-refractivity contribution >= 4 is 0 Å². The number of hydrogen-bond donors (Lipinski definition) is 0. The molecule has 0 aromatic heterocycles. The minimum absolute atomic E-state index is 0.284. The van der Waals surface area contributed by atoms with E-state index in [2.05, 4.69) is 72.8 Å². The first kappa shape index (κ1) is 31.9. The van der Waals surface area contributed by atoms with Crippen LogP contribution in [0.5, 0.6) is 0 Å². The molecule has 0 radical (unpaired) electrons. The molecule has 236 valence electrons. The Morgan fingerprint density at radius 2 is 0.717 bits per heavy atom. The summed E-state index contributed by atoms with van der Waals surface area (Å²) in [6.45, 7) is 2.13. The van der Waals surface area contributed by atoms with E-state index in [-0.39, 0.29) is 12.2 Å². The van der Waals surface area contributed by atoms with Crippen LogP contribution >= 0.6 is 0 Å². The first-order valence-electron chi connectivity index (χ1n) is 16.1. The van der Waals surface area contributed by atoms with Crippen LogP contribution in [0.1, 0.15) is 27.8 Å². The normalized spacial score (nSPS) is 21.2. The van der Waals surface area contributed by atoms with E-state index in [1.165, 1.54) is 5.56 Å². The molecule has 0 N–H and O–H groups in total. The molecule has 5 nitrogen and oxygen atoms in total. The van der Waals surface area contributed by atoms with Crippen molar-refractivity contribution in [1.29, 1.82) is 0 Å². The van der Waals surface area contributed by atoms with Gasteiger partial charge in [-0.1, -0.05) is 152 Å². The largest absolute Gasteiger partial charge is 0.374 e. The summed E-state index contributed by atoms with van der Waals surface area (Å²) < 4.78 is 33.7.